The second-order valence-corrected chi connectivity index (χ2v) is 5.15. The fraction of sp³-hybridized carbons (Fsp3) is 0.0769. The summed E-state index contributed by atoms with van der Waals surface area (Å²) in [4.78, 5) is 14.2. The molecule has 0 bridgehead atoms. The molecule has 0 saturated carbocycles. The Kier molecular flexibility index (Phi) is 4.48. The third-order valence-corrected chi connectivity index (χ3v) is 3.71. The second-order valence-electron chi connectivity index (χ2n) is 3.96. The molecule has 0 atom stereocenters. The molecule has 20 heavy (non-hydrogen) atoms. The van der Waals surface area contributed by atoms with Crippen LogP contribution in [0.25, 0.3) is 11.1 Å². The molecule has 1 aromatic heterocycles. The summed E-state index contributed by atoms with van der Waals surface area (Å²) in [7, 11) is 0. The van der Waals surface area contributed by atoms with Crippen molar-refractivity contribution >= 4 is 40.8 Å². The van der Waals surface area contributed by atoms with Gasteiger partial charge in [-0.25, -0.2) is 4.98 Å². The largest absolute Gasteiger partial charge is 0.481 e. The molecule has 1 N–H and O–H groups in total. The Labute approximate surface area is 128 Å². The average Bonchev–Trinajstić information content (AvgIpc) is 2.37. The van der Waals surface area contributed by atoms with Gasteiger partial charge in [0.1, 0.15) is 0 Å². The molecule has 0 spiro atoms. The highest BCUT2D eigenvalue weighted by atomic mass is 35.5. The van der Waals surface area contributed by atoms with E-state index in [1.165, 1.54) is 18.3 Å². The molecule has 0 saturated heterocycles. The molecule has 7 heteroatoms. The van der Waals surface area contributed by atoms with Gasteiger partial charge >= 0.3 is 5.97 Å². The molecule has 0 radical (unpaired) electrons. The zero-order valence-corrected chi connectivity index (χ0v) is 12.1. The number of pyridine rings is 1. The first kappa shape index (κ1) is 15.0. The number of aliphatic carboxylic acids is 1. The number of halogens is 4. The fourth-order valence-electron chi connectivity index (χ4n) is 1.71. The van der Waals surface area contributed by atoms with Crippen LogP contribution >= 0.6 is 34.8 Å². The van der Waals surface area contributed by atoms with E-state index in [9.17, 15) is 9.18 Å². The topological polar surface area (TPSA) is 50.2 Å². The minimum Gasteiger partial charge on any atom is -0.481 e. The molecule has 0 aliphatic rings. The summed E-state index contributed by atoms with van der Waals surface area (Å²) in [6.07, 6.45) is 0.743. The SMILES string of the molecule is O=C(O)Cc1cc(-c2c(Cl)ccc(Cl)c2Cl)cnc1F. The van der Waals surface area contributed by atoms with E-state index in [4.69, 9.17) is 39.9 Å². The van der Waals surface area contributed by atoms with E-state index in [0.717, 1.165) is 0 Å². The van der Waals surface area contributed by atoms with Crippen molar-refractivity contribution in [2.75, 3.05) is 0 Å². The Morgan fingerprint density at radius 3 is 2.55 bits per heavy atom. The molecule has 0 amide bonds. The van der Waals surface area contributed by atoms with E-state index in [2.05, 4.69) is 4.98 Å². The molecule has 0 aliphatic heterocycles. The monoisotopic (exact) mass is 333 g/mol. The summed E-state index contributed by atoms with van der Waals surface area (Å²) >= 11 is 18.0. The van der Waals surface area contributed by atoms with Gasteiger partial charge in [-0.3, -0.25) is 4.79 Å². The van der Waals surface area contributed by atoms with Gasteiger partial charge in [-0.15, -0.1) is 0 Å². The van der Waals surface area contributed by atoms with Crippen molar-refractivity contribution < 1.29 is 14.3 Å². The average molecular weight is 335 g/mol. The van der Waals surface area contributed by atoms with Crippen molar-refractivity contribution in [3.8, 4) is 11.1 Å². The molecule has 2 aromatic rings. The molecule has 1 aromatic carbocycles. The minimum atomic E-state index is -1.16. The number of benzene rings is 1. The van der Waals surface area contributed by atoms with Crippen molar-refractivity contribution in [2.24, 2.45) is 0 Å². The minimum absolute atomic E-state index is 0.0536. The highest BCUT2D eigenvalue weighted by Crippen LogP contribution is 2.39. The molecule has 2 rings (SSSR count). The molecule has 0 unspecified atom stereocenters. The Hall–Kier alpha value is -1.36. The smallest absolute Gasteiger partial charge is 0.307 e. The van der Waals surface area contributed by atoms with E-state index in [-0.39, 0.29) is 15.6 Å². The van der Waals surface area contributed by atoms with Crippen LogP contribution in [0.15, 0.2) is 24.4 Å². The fourth-order valence-corrected chi connectivity index (χ4v) is 2.46. The number of aromatic nitrogens is 1. The van der Waals surface area contributed by atoms with Gasteiger partial charge in [0, 0.05) is 22.9 Å². The number of carboxylic acids is 1. The molecule has 1 heterocycles. The number of carbonyl (C=O) groups is 1. The van der Waals surface area contributed by atoms with E-state index in [1.54, 1.807) is 6.07 Å². The van der Waals surface area contributed by atoms with Crippen molar-refractivity contribution in [3.05, 3.63) is 51.0 Å². The van der Waals surface area contributed by atoms with Gasteiger partial charge < -0.3 is 5.11 Å². The summed E-state index contributed by atoms with van der Waals surface area (Å²) in [5.74, 6) is -2.00. The van der Waals surface area contributed by atoms with Crippen molar-refractivity contribution in [2.45, 2.75) is 6.42 Å². The third kappa shape index (κ3) is 3.03. The van der Waals surface area contributed by atoms with Gasteiger partial charge in [-0.05, 0) is 18.2 Å². The molecule has 104 valence electrons. The lowest BCUT2D eigenvalue weighted by Crippen LogP contribution is -2.04. The maximum Gasteiger partial charge on any atom is 0.307 e. The van der Waals surface area contributed by atoms with E-state index >= 15 is 0 Å². The summed E-state index contributed by atoms with van der Waals surface area (Å²) in [5.41, 5.74) is 0.738. The number of nitrogens with zero attached hydrogens (tertiary/aromatic N) is 1. The summed E-state index contributed by atoms with van der Waals surface area (Å²) in [6.45, 7) is 0. The Morgan fingerprint density at radius 1 is 1.25 bits per heavy atom. The highest BCUT2D eigenvalue weighted by Gasteiger charge is 2.15. The highest BCUT2D eigenvalue weighted by molar-refractivity contribution is 6.46. The second kappa shape index (κ2) is 5.95. The Bertz CT molecular complexity index is 692. The molecular formula is C13H7Cl3FNO2. The Morgan fingerprint density at radius 2 is 1.90 bits per heavy atom. The van der Waals surface area contributed by atoms with Crippen LogP contribution in [0.4, 0.5) is 4.39 Å². The van der Waals surface area contributed by atoms with E-state index in [1.807, 2.05) is 0 Å². The lowest BCUT2D eigenvalue weighted by atomic mass is 10.0. The molecule has 3 nitrogen and oxygen atoms in total. The normalized spacial score (nSPS) is 10.6. The van der Waals surface area contributed by atoms with Gasteiger partial charge in [0.25, 0.3) is 0 Å². The van der Waals surface area contributed by atoms with Crippen molar-refractivity contribution in [3.63, 3.8) is 0 Å². The summed E-state index contributed by atoms with van der Waals surface area (Å²) in [5, 5.41) is 9.54. The quantitative estimate of drug-likeness (QED) is 0.665. The van der Waals surface area contributed by atoms with Gasteiger partial charge in [-0.1, -0.05) is 34.8 Å². The summed E-state index contributed by atoms with van der Waals surface area (Å²) < 4.78 is 13.5. The van der Waals surface area contributed by atoms with E-state index in [0.29, 0.717) is 16.1 Å². The first-order valence-corrected chi connectivity index (χ1v) is 6.53. The Balaban J connectivity index is 2.59. The number of carboxylic acid groups (broad SMARTS) is 1. The number of hydrogen-bond donors (Lipinski definition) is 1. The van der Waals surface area contributed by atoms with Crippen molar-refractivity contribution in [1.29, 1.82) is 0 Å². The first-order chi connectivity index (χ1) is 9.40. The number of hydrogen-bond acceptors (Lipinski definition) is 2. The van der Waals surface area contributed by atoms with Crippen LogP contribution in [0.5, 0.6) is 0 Å². The van der Waals surface area contributed by atoms with Crippen LogP contribution in [-0.2, 0) is 11.2 Å². The predicted octanol–water partition coefficient (Wildman–Crippen LogP) is 4.48. The zero-order valence-electron chi connectivity index (χ0n) is 9.83. The predicted molar refractivity (Wildman–Crippen MR) is 76.0 cm³/mol. The van der Waals surface area contributed by atoms with Gasteiger partial charge in [0.15, 0.2) is 0 Å². The van der Waals surface area contributed by atoms with Crippen LogP contribution < -0.4 is 0 Å². The lowest BCUT2D eigenvalue weighted by Gasteiger charge is -2.10. The van der Waals surface area contributed by atoms with Crippen molar-refractivity contribution in [1.82, 2.24) is 4.98 Å². The molecule has 0 fully saturated rings. The molecule has 0 aliphatic carbocycles. The first-order valence-electron chi connectivity index (χ1n) is 5.40. The third-order valence-electron chi connectivity index (χ3n) is 2.59. The lowest BCUT2D eigenvalue weighted by molar-refractivity contribution is -0.136. The van der Waals surface area contributed by atoms with Crippen LogP contribution in [0, 0.1) is 5.95 Å². The van der Waals surface area contributed by atoms with Crippen LogP contribution in [-0.4, -0.2) is 16.1 Å². The van der Waals surface area contributed by atoms with E-state index < -0.39 is 18.3 Å². The maximum absolute atomic E-state index is 13.5. The standard InChI is InChI=1S/C13H7Cl3FNO2/c14-8-1-2-9(15)12(16)11(8)7-3-6(4-10(19)20)13(17)18-5-7/h1-3,5H,4H2,(H,19,20). The molecular weight excluding hydrogens is 328 g/mol. The van der Waals surface area contributed by atoms with Crippen LogP contribution in [0.1, 0.15) is 5.56 Å². The maximum atomic E-state index is 13.5. The van der Waals surface area contributed by atoms with Gasteiger partial charge in [0.05, 0.1) is 21.5 Å². The van der Waals surface area contributed by atoms with Crippen LogP contribution in [0.2, 0.25) is 15.1 Å². The van der Waals surface area contributed by atoms with Crippen LogP contribution in [0.3, 0.4) is 0 Å². The van der Waals surface area contributed by atoms with Gasteiger partial charge in [0.2, 0.25) is 5.95 Å². The van der Waals surface area contributed by atoms with Gasteiger partial charge in [-0.2, -0.15) is 4.39 Å². The number of rotatable bonds is 3. The zero-order chi connectivity index (χ0) is 14.9. The summed E-state index contributed by atoms with van der Waals surface area (Å²) in [6, 6.07) is 4.43.